The summed E-state index contributed by atoms with van der Waals surface area (Å²) >= 11 is -1.67. The van der Waals surface area contributed by atoms with Gasteiger partial charge in [0, 0.05) is 0 Å². The molecule has 1 nitrogen and oxygen atoms in total. The fourth-order valence-electron chi connectivity index (χ4n) is 4.00. The van der Waals surface area contributed by atoms with Crippen molar-refractivity contribution in [2.24, 2.45) is 0 Å². The zero-order valence-electron chi connectivity index (χ0n) is 11.2. The van der Waals surface area contributed by atoms with E-state index in [9.17, 15) is 0 Å². The Balaban J connectivity index is 0. The molecule has 0 aliphatic heterocycles. The zero-order chi connectivity index (χ0) is 10.8. The van der Waals surface area contributed by atoms with Gasteiger partial charge in [-0.3, -0.25) is 0 Å². The molecule has 0 spiro atoms. The monoisotopic (exact) mass is 236 g/mol. The minimum atomic E-state index is -1.67. The van der Waals surface area contributed by atoms with Crippen LogP contribution in [0.4, 0.5) is 0 Å². The Hall–Kier alpha value is 0.674. The predicted molar refractivity (Wildman–Crippen MR) is 61.1 cm³/mol. The van der Waals surface area contributed by atoms with Crippen molar-refractivity contribution in [2.75, 3.05) is 0 Å². The van der Waals surface area contributed by atoms with Crippen LogP contribution >= 0.6 is 0 Å². The summed E-state index contributed by atoms with van der Waals surface area (Å²) in [5.74, 6) is 0. The first-order chi connectivity index (χ1) is 5.77. The molecule has 0 aliphatic rings. The van der Waals surface area contributed by atoms with E-state index in [2.05, 4.69) is 55.4 Å². The second kappa shape index (κ2) is 6.30. The van der Waals surface area contributed by atoms with Crippen LogP contribution in [0.25, 0.3) is 0 Å². The standard InChI is InChI=1S/4C3H7.O.Ti/c4*1-3-2;;/h4*3H,1-2H3;;/q;;;;-2;. The quantitative estimate of drug-likeness (QED) is 0.590. The normalized spacial score (nSPS) is 12.9. The Morgan fingerprint density at radius 1 is 0.500 bits per heavy atom. The Labute approximate surface area is 94.3 Å². The maximum absolute atomic E-state index is 2.46. The van der Waals surface area contributed by atoms with Crippen LogP contribution in [0.5, 0.6) is 0 Å². The van der Waals surface area contributed by atoms with Crippen LogP contribution < -0.4 is 0 Å². The van der Waals surface area contributed by atoms with E-state index in [1.165, 1.54) is 0 Å². The molecule has 0 bridgehead atoms. The maximum Gasteiger partial charge on any atom is -2.00 e. The molecule has 0 N–H and O–H groups in total. The van der Waals surface area contributed by atoms with Crippen molar-refractivity contribution < 1.29 is 22.1 Å². The van der Waals surface area contributed by atoms with Gasteiger partial charge in [0.2, 0.25) is 0 Å². The van der Waals surface area contributed by atoms with Crippen LogP contribution in [0.2, 0.25) is 16.9 Å². The first-order valence-electron chi connectivity index (χ1n) is 5.77. The van der Waals surface area contributed by atoms with Gasteiger partial charge in [-0.25, -0.2) is 0 Å². The molecule has 14 heavy (non-hydrogen) atoms. The average molecular weight is 236 g/mol. The van der Waals surface area contributed by atoms with Crippen molar-refractivity contribution in [3.8, 4) is 0 Å². The van der Waals surface area contributed by atoms with Crippen molar-refractivity contribution in [2.45, 2.75) is 72.3 Å². The van der Waals surface area contributed by atoms with E-state index < -0.39 is 16.6 Å². The maximum atomic E-state index is 2.46. The largest absolute Gasteiger partial charge is 2.00 e. The number of rotatable bonds is 4. The Bertz CT molecular complexity index is 113. The number of hydrogen-bond donors (Lipinski definition) is 0. The van der Waals surface area contributed by atoms with Gasteiger partial charge in [0.05, 0.1) is 0 Å². The topological polar surface area (TPSA) is 28.5 Å². The Morgan fingerprint density at radius 2 is 0.643 bits per heavy atom. The van der Waals surface area contributed by atoms with Crippen LogP contribution in [0, 0.1) is 0 Å². The second-order valence-corrected chi connectivity index (χ2v) is 16.0. The van der Waals surface area contributed by atoms with Gasteiger partial charge in [-0.2, -0.15) is 0 Å². The summed E-state index contributed by atoms with van der Waals surface area (Å²) < 4.78 is 3.83. The van der Waals surface area contributed by atoms with Gasteiger partial charge in [-0.1, -0.05) is 0 Å². The molecular weight excluding hydrogens is 208 g/mol. The third kappa shape index (κ3) is 2.84. The van der Waals surface area contributed by atoms with Crippen LogP contribution in [0.3, 0.4) is 0 Å². The molecule has 0 aromatic heterocycles. The van der Waals surface area contributed by atoms with Crippen molar-refractivity contribution in [3.63, 3.8) is 0 Å². The second-order valence-electron chi connectivity index (χ2n) is 5.62. The van der Waals surface area contributed by atoms with E-state index in [1.807, 2.05) is 0 Å². The molecule has 0 fully saturated rings. The molecule has 0 atom stereocenters. The third-order valence-corrected chi connectivity index (χ3v) is 16.5. The summed E-state index contributed by atoms with van der Waals surface area (Å²) in [6.45, 7) is 19.7. The van der Waals surface area contributed by atoms with Gasteiger partial charge in [-0.05, 0) is 0 Å². The van der Waals surface area contributed by atoms with Gasteiger partial charge in [0.15, 0.2) is 0 Å². The molecule has 0 radical (unpaired) electrons. The molecular formula is C12H28OTi-2. The van der Waals surface area contributed by atoms with E-state index in [4.69, 9.17) is 0 Å². The molecule has 0 aliphatic carbocycles. The fraction of sp³-hybridized carbons (Fsp3) is 1.00. The summed E-state index contributed by atoms with van der Waals surface area (Å²) in [6, 6.07) is 0. The molecule has 0 amide bonds. The van der Waals surface area contributed by atoms with E-state index in [1.54, 1.807) is 0 Å². The van der Waals surface area contributed by atoms with E-state index >= 15 is 0 Å². The summed E-state index contributed by atoms with van der Waals surface area (Å²) in [6.07, 6.45) is 0. The van der Waals surface area contributed by atoms with Gasteiger partial charge < -0.3 is 5.48 Å². The van der Waals surface area contributed by atoms with E-state index in [0.29, 0.717) is 0 Å². The Kier molecular flexibility index (Phi) is 7.69. The van der Waals surface area contributed by atoms with E-state index in [0.717, 1.165) is 16.9 Å². The molecule has 0 saturated heterocycles. The predicted octanol–water partition coefficient (Wildman–Crippen LogP) is 5.33. The third-order valence-electron chi connectivity index (χ3n) is 4.00. The smallest absolute Gasteiger partial charge is 2.00 e. The van der Waals surface area contributed by atoms with Gasteiger partial charge >= 0.3 is 88.9 Å². The molecule has 0 saturated carbocycles. The Morgan fingerprint density at radius 3 is 0.643 bits per heavy atom. The summed E-state index contributed by atoms with van der Waals surface area (Å²) in [5.41, 5.74) is 0. The first-order valence-corrected chi connectivity index (χ1v) is 9.38. The van der Waals surface area contributed by atoms with Crippen molar-refractivity contribution in [3.05, 3.63) is 0 Å². The summed E-state index contributed by atoms with van der Waals surface area (Å²) in [4.78, 5) is 0. The van der Waals surface area contributed by atoms with E-state index in [-0.39, 0.29) is 5.48 Å². The molecule has 0 unspecified atom stereocenters. The molecule has 0 aromatic carbocycles. The van der Waals surface area contributed by atoms with Crippen LogP contribution in [-0.2, 0) is 22.1 Å². The van der Waals surface area contributed by atoms with Gasteiger partial charge in [-0.15, -0.1) is 0 Å². The molecule has 0 rings (SSSR count). The first kappa shape index (κ1) is 17.1. The van der Waals surface area contributed by atoms with Gasteiger partial charge in [0.25, 0.3) is 0 Å². The van der Waals surface area contributed by atoms with Crippen LogP contribution in [0.1, 0.15) is 55.4 Å². The molecule has 0 aromatic rings. The minimum absolute atomic E-state index is 0. The summed E-state index contributed by atoms with van der Waals surface area (Å²) in [7, 11) is 0. The fourth-order valence-corrected chi connectivity index (χ4v) is 16.5. The van der Waals surface area contributed by atoms with Crippen molar-refractivity contribution >= 4 is 0 Å². The molecule has 88 valence electrons. The van der Waals surface area contributed by atoms with Crippen molar-refractivity contribution in [1.29, 1.82) is 0 Å². The van der Waals surface area contributed by atoms with Crippen LogP contribution in [-0.4, -0.2) is 0 Å². The summed E-state index contributed by atoms with van der Waals surface area (Å²) in [5, 5.41) is 0. The molecule has 2 heteroatoms. The van der Waals surface area contributed by atoms with Crippen LogP contribution in [0.15, 0.2) is 0 Å². The number of hydrogen-bond acceptors (Lipinski definition) is 0. The molecule has 0 heterocycles. The average Bonchev–Trinajstić information content (AvgIpc) is 1.82. The zero-order valence-corrected chi connectivity index (χ0v) is 12.8. The minimum Gasteiger partial charge on any atom is -2.00 e. The van der Waals surface area contributed by atoms with Gasteiger partial charge in [0.1, 0.15) is 0 Å². The SMILES string of the molecule is C[CH](C)[Ti]([CH](C)C)([CH](C)C)[CH](C)C.[O-2]. The van der Waals surface area contributed by atoms with Crippen molar-refractivity contribution in [1.82, 2.24) is 0 Å².